The number of nitrogens with one attached hydrogen (secondary N) is 3. The molecule has 7 heteroatoms. The lowest BCUT2D eigenvalue weighted by molar-refractivity contribution is -0.125. The zero-order valence-corrected chi connectivity index (χ0v) is 15.0. The number of urea groups is 1. The minimum atomic E-state index is -0.411. The maximum atomic E-state index is 12.1. The fourth-order valence-corrected chi connectivity index (χ4v) is 2.66. The average Bonchev–Trinajstić information content (AvgIpc) is 2.43. The van der Waals surface area contributed by atoms with Gasteiger partial charge in [0.05, 0.1) is 6.04 Å². The summed E-state index contributed by atoms with van der Waals surface area (Å²) in [7, 11) is 1.98. The van der Waals surface area contributed by atoms with Crippen molar-refractivity contribution in [2.75, 3.05) is 26.7 Å². The van der Waals surface area contributed by atoms with Crippen molar-refractivity contribution in [2.24, 2.45) is 5.92 Å². The quantitative estimate of drug-likeness (QED) is 0.685. The minimum Gasteiger partial charge on any atom is -0.336 e. The lowest BCUT2D eigenvalue weighted by atomic mass is 9.93. The molecular formula is C15H31ClN4O2. The van der Waals surface area contributed by atoms with E-state index in [1.807, 2.05) is 27.8 Å². The van der Waals surface area contributed by atoms with Gasteiger partial charge in [-0.15, -0.1) is 12.4 Å². The van der Waals surface area contributed by atoms with Gasteiger partial charge in [0, 0.05) is 6.04 Å². The third-order valence-corrected chi connectivity index (χ3v) is 4.04. The van der Waals surface area contributed by atoms with Crippen LogP contribution < -0.4 is 16.0 Å². The van der Waals surface area contributed by atoms with Gasteiger partial charge in [-0.05, 0) is 72.6 Å². The number of likely N-dealkylation sites (tertiary alicyclic amines) is 1. The molecule has 1 aliphatic heterocycles. The zero-order chi connectivity index (χ0) is 15.8. The van der Waals surface area contributed by atoms with E-state index in [0.717, 1.165) is 38.4 Å². The van der Waals surface area contributed by atoms with Crippen molar-refractivity contribution in [1.29, 1.82) is 0 Å². The number of hydrogen-bond donors (Lipinski definition) is 3. The smallest absolute Gasteiger partial charge is 0.321 e. The highest BCUT2D eigenvalue weighted by Crippen LogP contribution is 2.21. The highest BCUT2D eigenvalue weighted by atomic mass is 35.5. The van der Waals surface area contributed by atoms with E-state index in [2.05, 4.69) is 20.9 Å². The Morgan fingerprint density at radius 2 is 1.77 bits per heavy atom. The fourth-order valence-electron chi connectivity index (χ4n) is 2.66. The maximum absolute atomic E-state index is 12.1. The number of carbonyl (C=O) groups excluding carboxylic acids is 2. The second kappa shape index (κ2) is 10.8. The van der Waals surface area contributed by atoms with Gasteiger partial charge in [-0.3, -0.25) is 15.0 Å². The van der Waals surface area contributed by atoms with Gasteiger partial charge in [0.1, 0.15) is 0 Å². The minimum absolute atomic E-state index is 0. The van der Waals surface area contributed by atoms with Gasteiger partial charge in [-0.2, -0.15) is 0 Å². The van der Waals surface area contributed by atoms with Gasteiger partial charge in [0.2, 0.25) is 5.91 Å². The SMILES string of the molecule is CNCCC1CCN(C(C)C(=O)NC(=O)NC(C)C)CC1.Cl. The standard InChI is InChI=1S/C15H30N4O2.ClH/c1-11(2)17-15(21)18-14(20)12(3)19-9-6-13(7-10-19)5-8-16-4;/h11-13,16H,5-10H2,1-4H3,(H2,17,18,20,21);1H. The molecule has 0 aromatic rings. The molecule has 0 aromatic carbocycles. The predicted molar refractivity (Wildman–Crippen MR) is 91.4 cm³/mol. The van der Waals surface area contributed by atoms with Crippen LogP contribution in [0, 0.1) is 5.92 Å². The van der Waals surface area contributed by atoms with Crippen LogP contribution in [0.5, 0.6) is 0 Å². The van der Waals surface area contributed by atoms with Gasteiger partial charge in [-0.25, -0.2) is 4.79 Å². The first-order valence-corrected chi connectivity index (χ1v) is 7.94. The molecule has 1 atom stereocenters. The summed E-state index contributed by atoms with van der Waals surface area (Å²) in [6.07, 6.45) is 3.44. The lowest BCUT2D eigenvalue weighted by Crippen LogP contribution is -2.52. The summed E-state index contributed by atoms with van der Waals surface area (Å²) < 4.78 is 0. The third-order valence-electron chi connectivity index (χ3n) is 4.04. The zero-order valence-electron chi connectivity index (χ0n) is 14.1. The number of amides is 3. The Morgan fingerprint density at radius 1 is 1.18 bits per heavy atom. The summed E-state index contributed by atoms with van der Waals surface area (Å²) in [5.74, 6) is 0.523. The van der Waals surface area contributed by atoms with E-state index in [0.29, 0.717) is 0 Å². The van der Waals surface area contributed by atoms with Crippen molar-refractivity contribution in [3.63, 3.8) is 0 Å². The highest BCUT2D eigenvalue weighted by Gasteiger charge is 2.27. The summed E-state index contributed by atoms with van der Waals surface area (Å²) in [5, 5.41) is 8.26. The Morgan fingerprint density at radius 3 is 2.27 bits per heavy atom. The van der Waals surface area contributed by atoms with Crippen molar-refractivity contribution in [3.05, 3.63) is 0 Å². The van der Waals surface area contributed by atoms with E-state index in [-0.39, 0.29) is 30.4 Å². The molecule has 1 unspecified atom stereocenters. The van der Waals surface area contributed by atoms with Crippen LogP contribution in [0.4, 0.5) is 4.79 Å². The third kappa shape index (κ3) is 7.42. The Kier molecular flexibility index (Phi) is 10.4. The van der Waals surface area contributed by atoms with Crippen molar-refractivity contribution in [2.45, 2.75) is 52.1 Å². The van der Waals surface area contributed by atoms with Crippen LogP contribution in [0.15, 0.2) is 0 Å². The Labute approximate surface area is 140 Å². The largest absolute Gasteiger partial charge is 0.336 e. The molecule has 22 heavy (non-hydrogen) atoms. The van der Waals surface area contributed by atoms with E-state index < -0.39 is 6.03 Å². The monoisotopic (exact) mass is 334 g/mol. The van der Waals surface area contributed by atoms with E-state index in [1.54, 1.807) is 0 Å². The molecule has 0 aliphatic carbocycles. The molecule has 1 rings (SSSR count). The van der Waals surface area contributed by atoms with Crippen LogP contribution in [0.1, 0.15) is 40.0 Å². The molecule has 1 fully saturated rings. The second-order valence-electron chi connectivity index (χ2n) is 6.16. The van der Waals surface area contributed by atoms with E-state index in [1.165, 1.54) is 6.42 Å². The number of nitrogens with zero attached hydrogens (tertiary/aromatic N) is 1. The number of rotatable bonds is 6. The molecule has 0 aromatic heterocycles. The molecule has 3 amide bonds. The van der Waals surface area contributed by atoms with E-state index in [9.17, 15) is 9.59 Å². The van der Waals surface area contributed by atoms with Crippen LogP contribution in [0.25, 0.3) is 0 Å². The molecule has 1 aliphatic rings. The van der Waals surface area contributed by atoms with Crippen molar-refractivity contribution < 1.29 is 9.59 Å². The summed E-state index contributed by atoms with van der Waals surface area (Å²) in [6.45, 7) is 8.50. The molecule has 6 nitrogen and oxygen atoms in total. The summed E-state index contributed by atoms with van der Waals surface area (Å²) in [6, 6.07) is -0.644. The number of halogens is 1. The number of carbonyl (C=O) groups is 2. The number of hydrogen-bond acceptors (Lipinski definition) is 4. The maximum Gasteiger partial charge on any atom is 0.321 e. The van der Waals surface area contributed by atoms with Gasteiger partial charge >= 0.3 is 6.03 Å². The Balaban J connectivity index is 0.00000441. The van der Waals surface area contributed by atoms with E-state index in [4.69, 9.17) is 0 Å². The van der Waals surface area contributed by atoms with Crippen LogP contribution in [-0.4, -0.2) is 55.6 Å². The van der Waals surface area contributed by atoms with Gasteiger partial charge in [0.15, 0.2) is 0 Å². The fraction of sp³-hybridized carbons (Fsp3) is 0.867. The number of imide groups is 1. The normalized spacial score (nSPS) is 17.7. The molecular weight excluding hydrogens is 304 g/mol. The molecule has 1 heterocycles. The van der Waals surface area contributed by atoms with Crippen molar-refractivity contribution in [3.8, 4) is 0 Å². The van der Waals surface area contributed by atoms with Crippen LogP contribution >= 0.6 is 12.4 Å². The number of piperidine rings is 1. The van der Waals surface area contributed by atoms with Gasteiger partial charge < -0.3 is 10.6 Å². The van der Waals surface area contributed by atoms with Gasteiger partial charge in [0.25, 0.3) is 0 Å². The van der Waals surface area contributed by atoms with Crippen molar-refractivity contribution >= 4 is 24.3 Å². The molecule has 0 spiro atoms. The molecule has 130 valence electrons. The average molecular weight is 335 g/mol. The molecule has 3 N–H and O–H groups in total. The van der Waals surface area contributed by atoms with E-state index >= 15 is 0 Å². The first kappa shape index (κ1) is 21.1. The topological polar surface area (TPSA) is 73.5 Å². The molecule has 0 radical (unpaired) electrons. The van der Waals surface area contributed by atoms with Crippen LogP contribution in [-0.2, 0) is 4.79 Å². The predicted octanol–water partition coefficient (Wildman–Crippen LogP) is 1.35. The Bertz CT molecular complexity index is 344. The summed E-state index contributed by atoms with van der Waals surface area (Å²) in [5.41, 5.74) is 0. The Hall–Kier alpha value is -0.850. The molecule has 0 saturated carbocycles. The van der Waals surface area contributed by atoms with Crippen LogP contribution in [0.3, 0.4) is 0 Å². The summed E-state index contributed by atoms with van der Waals surface area (Å²) in [4.78, 5) is 25.8. The van der Waals surface area contributed by atoms with Crippen LogP contribution in [0.2, 0.25) is 0 Å². The molecule has 1 saturated heterocycles. The first-order chi connectivity index (χ1) is 9.93. The van der Waals surface area contributed by atoms with Gasteiger partial charge in [-0.1, -0.05) is 0 Å². The molecule has 0 bridgehead atoms. The lowest BCUT2D eigenvalue weighted by Gasteiger charge is -2.35. The highest BCUT2D eigenvalue weighted by molar-refractivity contribution is 5.96. The first-order valence-electron chi connectivity index (χ1n) is 7.94. The summed E-state index contributed by atoms with van der Waals surface area (Å²) >= 11 is 0. The second-order valence-corrected chi connectivity index (χ2v) is 6.16. The van der Waals surface area contributed by atoms with Crippen molar-refractivity contribution in [1.82, 2.24) is 20.9 Å².